The molecule has 7 heteroatoms. The summed E-state index contributed by atoms with van der Waals surface area (Å²) in [6.45, 7) is 0. The first kappa shape index (κ1) is 13.3. The van der Waals surface area contributed by atoms with Gasteiger partial charge < -0.3 is 5.11 Å². The Bertz CT molecular complexity index is 485. The minimum Gasteiger partial charge on any atom is -0.393 e. The van der Waals surface area contributed by atoms with Crippen molar-refractivity contribution in [1.29, 1.82) is 0 Å². The van der Waals surface area contributed by atoms with E-state index in [2.05, 4.69) is 4.72 Å². The topological polar surface area (TPSA) is 66.4 Å². The molecule has 0 bridgehead atoms. The fraction of sp³-hybridized carbons (Fsp3) is 0.600. The summed E-state index contributed by atoms with van der Waals surface area (Å²) < 4.78 is 27.3. The Morgan fingerprint density at radius 1 is 1.41 bits per heavy atom. The van der Waals surface area contributed by atoms with Gasteiger partial charge in [-0.1, -0.05) is 11.6 Å². The average Bonchev–Trinajstić information content (AvgIpc) is 2.65. The van der Waals surface area contributed by atoms with Crippen molar-refractivity contribution in [2.24, 2.45) is 0 Å². The number of aliphatic hydroxyl groups is 1. The van der Waals surface area contributed by atoms with Gasteiger partial charge in [-0.05, 0) is 37.8 Å². The fourth-order valence-electron chi connectivity index (χ4n) is 1.99. The van der Waals surface area contributed by atoms with Gasteiger partial charge in [0.1, 0.15) is 4.21 Å². The lowest BCUT2D eigenvalue weighted by molar-refractivity contribution is 0.117. The summed E-state index contributed by atoms with van der Waals surface area (Å²) in [4.78, 5) is 0. The van der Waals surface area contributed by atoms with E-state index in [1.807, 2.05) is 0 Å². The van der Waals surface area contributed by atoms with Crippen molar-refractivity contribution in [3.05, 3.63) is 16.5 Å². The molecule has 96 valence electrons. The van der Waals surface area contributed by atoms with Crippen LogP contribution in [0.15, 0.2) is 16.3 Å². The third-order valence-electron chi connectivity index (χ3n) is 2.78. The predicted octanol–water partition coefficient (Wildman–Crippen LogP) is 1.98. The summed E-state index contributed by atoms with van der Waals surface area (Å²) in [7, 11) is -3.49. The Balaban J connectivity index is 2.07. The molecule has 1 aliphatic rings. The van der Waals surface area contributed by atoms with Crippen LogP contribution < -0.4 is 4.72 Å². The number of rotatable bonds is 3. The molecule has 1 aliphatic carbocycles. The highest BCUT2D eigenvalue weighted by atomic mass is 35.5. The lowest BCUT2D eigenvalue weighted by Gasteiger charge is -2.26. The summed E-state index contributed by atoms with van der Waals surface area (Å²) in [5.41, 5.74) is 0. The minimum atomic E-state index is -3.49. The van der Waals surface area contributed by atoms with E-state index in [4.69, 9.17) is 11.6 Å². The summed E-state index contributed by atoms with van der Waals surface area (Å²) >= 11 is 6.76. The van der Waals surface area contributed by atoms with Gasteiger partial charge in [0.25, 0.3) is 0 Å². The Morgan fingerprint density at radius 2 is 2.18 bits per heavy atom. The second-order valence-corrected chi connectivity index (χ2v) is 7.85. The molecule has 0 spiro atoms. The summed E-state index contributed by atoms with van der Waals surface area (Å²) in [6, 6.07) is 2.88. The smallest absolute Gasteiger partial charge is 0.250 e. The van der Waals surface area contributed by atoms with Crippen LogP contribution in [0.4, 0.5) is 0 Å². The van der Waals surface area contributed by atoms with E-state index in [0.717, 1.165) is 30.6 Å². The average molecular weight is 296 g/mol. The van der Waals surface area contributed by atoms with Crippen molar-refractivity contribution in [3.8, 4) is 0 Å². The van der Waals surface area contributed by atoms with Crippen LogP contribution in [-0.2, 0) is 10.0 Å². The third kappa shape index (κ3) is 3.42. The van der Waals surface area contributed by atoms with Crippen molar-refractivity contribution < 1.29 is 13.5 Å². The summed E-state index contributed by atoms with van der Waals surface area (Å²) in [6.07, 6.45) is 2.46. The molecule has 0 radical (unpaired) electrons. The van der Waals surface area contributed by atoms with Crippen molar-refractivity contribution in [3.63, 3.8) is 0 Å². The first-order valence-electron chi connectivity index (χ1n) is 5.43. The van der Waals surface area contributed by atoms with Crippen molar-refractivity contribution >= 4 is 33.0 Å². The number of hydrogen-bond donors (Lipinski definition) is 2. The van der Waals surface area contributed by atoms with Gasteiger partial charge in [-0.25, -0.2) is 13.1 Å². The maximum absolute atomic E-state index is 12.0. The molecule has 17 heavy (non-hydrogen) atoms. The lowest BCUT2D eigenvalue weighted by atomic mass is 9.94. The van der Waals surface area contributed by atoms with E-state index in [9.17, 15) is 13.5 Å². The van der Waals surface area contributed by atoms with E-state index >= 15 is 0 Å². The van der Waals surface area contributed by atoms with Gasteiger partial charge in [-0.15, -0.1) is 11.3 Å². The molecule has 1 saturated carbocycles. The molecule has 1 heterocycles. The summed E-state index contributed by atoms with van der Waals surface area (Å²) in [5.74, 6) is 0. The minimum absolute atomic E-state index is 0.176. The molecule has 1 aromatic rings. The zero-order chi connectivity index (χ0) is 12.5. The number of nitrogens with one attached hydrogen (secondary N) is 1. The molecule has 0 aromatic carbocycles. The molecule has 0 saturated heterocycles. The third-order valence-corrected chi connectivity index (χ3v) is 6.03. The van der Waals surface area contributed by atoms with Gasteiger partial charge in [-0.2, -0.15) is 0 Å². The molecule has 4 nitrogen and oxygen atoms in total. The molecule has 2 atom stereocenters. The Labute approximate surface area is 110 Å². The van der Waals surface area contributed by atoms with Crippen LogP contribution in [0.25, 0.3) is 0 Å². The SMILES string of the molecule is O=S(=O)(N[C@@H]1CCC[C@H](O)C1)c1ccc(Cl)s1. The molecular formula is C10H14ClNO3S2. The number of hydrogen-bond acceptors (Lipinski definition) is 4. The van der Waals surface area contributed by atoms with Crippen LogP contribution in [-0.4, -0.2) is 25.7 Å². The second-order valence-electron chi connectivity index (χ2n) is 4.20. The monoisotopic (exact) mass is 295 g/mol. The molecule has 1 aromatic heterocycles. The standard InChI is InChI=1S/C10H14ClNO3S2/c11-9-4-5-10(16-9)17(14,15)12-7-2-1-3-8(13)6-7/h4-5,7-8,12-13H,1-3,6H2/t7-,8+/m1/s1. The number of aliphatic hydroxyl groups excluding tert-OH is 1. The van der Waals surface area contributed by atoms with Crippen LogP contribution in [0.1, 0.15) is 25.7 Å². The van der Waals surface area contributed by atoms with Crippen LogP contribution in [0.5, 0.6) is 0 Å². The highest BCUT2D eigenvalue weighted by molar-refractivity contribution is 7.91. The first-order valence-corrected chi connectivity index (χ1v) is 8.11. The number of halogens is 1. The Morgan fingerprint density at radius 3 is 2.76 bits per heavy atom. The molecule has 1 fully saturated rings. The van der Waals surface area contributed by atoms with E-state index in [1.54, 1.807) is 6.07 Å². The largest absolute Gasteiger partial charge is 0.393 e. The quantitative estimate of drug-likeness (QED) is 0.896. The van der Waals surface area contributed by atoms with Crippen LogP contribution in [0.2, 0.25) is 4.34 Å². The van der Waals surface area contributed by atoms with Gasteiger partial charge in [0.15, 0.2) is 0 Å². The molecule has 0 unspecified atom stereocenters. The molecular weight excluding hydrogens is 282 g/mol. The molecule has 2 rings (SSSR count). The van der Waals surface area contributed by atoms with Gasteiger partial charge in [0, 0.05) is 6.04 Å². The molecule has 0 aliphatic heterocycles. The highest BCUT2D eigenvalue weighted by Gasteiger charge is 2.26. The Kier molecular flexibility index (Phi) is 4.10. The number of thiophene rings is 1. The Hall–Kier alpha value is -0.140. The van der Waals surface area contributed by atoms with Crippen molar-refractivity contribution in [2.45, 2.75) is 42.0 Å². The van der Waals surface area contributed by atoms with Gasteiger partial charge in [0.05, 0.1) is 10.4 Å². The first-order chi connectivity index (χ1) is 7.97. The van der Waals surface area contributed by atoms with Crippen molar-refractivity contribution in [2.75, 3.05) is 0 Å². The van der Waals surface area contributed by atoms with Gasteiger partial charge in [-0.3, -0.25) is 0 Å². The molecule has 0 amide bonds. The van der Waals surface area contributed by atoms with E-state index < -0.39 is 16.1 Å². The summed E-state index contributed by atoms with van der Waals surface area (Å²) in [5, 5.41) is 9.50. The maximum atomic E-state index is 12.0. The highest BCUT2D eigenvalue weighted by Crippen LogP contribution is 2.27. The fourth-order valence-corrected chi connectivity index (χ4v) is 4.77. The normalized spacial score (nSPS) is 26.0. The zero-order valence-electron chi connectivity index (χ0n) is 9.10. The van der Waals surface area contributed by atoms with E-state index in [-0.39, 0.29) is 10.3 Å². The maximum Gasteiger partial charge on any atom is 0.250 e. The zero-order valence-corrected chi connectivity index (χ0v) is 11.5. The van der Waals surface area contributed by atoms with Crippen molar-refractivity contribution in [1.82, 2.24) is 4.72 Å². The van der Waals surface area contributed by atoms with Crippen LogP contribution in [0.3, 0.4) is 0 Å². The lowest BCUT2D eigenvalue weighted by Crippen LogP contribution is -2.39. The second kappa shape index (κ2) is 5.24. The number of sulfonamides is 1. The van der Waals surface area contributed by atoms with Crippen LogP contribution in [0, 0.1) is 0 Å². The predicted molar refractivity (Wildman–Crippen MR) is 67.9 cm³/mol. The van der Waals surface area contributed by atoms with Crippen LogP contribution >= 0.6 is 22.9 Å². The molecule has 2 N–H and O–H groups in total. The van der Waals surface area contributed by atoms with E-state index in [0.29, 0.717) is 10.8 Å². The van der Waals surface area contributed by atoms with Gasteiger partial charge >= 0.3 is 0 Å². The van der Waals surface area contributed by atoms with E-state index in [1.165, 1.54) is 6.07 Å². The van der Waals surface area contributed by atoms with Gasteiger partial charge in [0.2, 0.25) is 10.0 Å².